The van der Waals surface area contributed by atoms with Gasteiger partial charge in [0.2, 0.25) is 0 Å². The molecule has 0 aliphatic heterocycles. The predicted molar refractivity (Wildman–Crippen MR) is 16.5 cm³/mol. The molecule has 47 valence electrons. The molecule has 0 spiro atoms. The Bertz CT molecular complexity index is 69.4. The van der Waals surface area contributed by atoms with Gasteiger partial charge in [-0.25, -0.2) is 4.57 Å². The van der Waals surface area contributed by atoms with Gasteiger partial charge in [0.05, 0.1) is 0 Å². The van der Waals surface area contributed by atoms with E-state index >= 15 is 0 Å². The van der Waals surface area contributed by atoms with Gasteiger partial charge in [0, 0.05) is 17.1 Å². The summed E-state index contributed by atoms with van der Waals surface area (Å²) in [4.78, 5) is 21.6. The minimum atomic E-state index is -4.64. The molecule has 0 heterocycles. The molecular weight excluding hydrogens is 205 g/mol. The van der Waals surface area contributed by atoms with E-state index in [1.807, 2.05) is 0 Å². The smallest absolute Gasteiger partial charge is 1.00 e. The fourth-order valence-electron chi connectivity index (χ4n) is 0. The van der Waals surface area contributed by atoms with Crippen LogP contribution in [-0.2, 0) is 21.6 Å². The maximum atomic E-state index is 8.88. The number of hydrogen-bond acceptors (Lipinski definition) is 1. The fourth-order valence-corrected chi connectivity index (χ4v) is 0. The summed E-state index contributed by atoms with van der Waals surface area (Å²) in [5.74, 6) is 0. The van der Waals surface area contributed by atoms with Crippen LogP contribution in [0.15, 0.2) is 0 Å². The third-order valence-corrected chi connectivity index (χ3v) is 0. The van der Waals surface area contributed by atoms with Crippen LogP contribution in [0.1, 0.15) is 2.85 Å². The zero-order valence-electron chi connectivity index (χ0n) is 6.50. The second-order valence-corrected chi connectivity index (χ2v) is 1.54. The van der Waals surface area contributed by atoms with Crippen molar-refractivity contribution in [2.45, 2.75) is 0 Å². The fraction of sp³-hybridized carbons (Fsp3) is 0. The molecule has 0 fully saturated rings. The summed E-state index contributed by atoms with van der Waals surface area (Å²) in [5, 5.41) is 0. The maximum Gasteiger partial charge on any atom is 1.00 e. The van der Waals surface area contributed by atoms with Gasteiger partial charge in [0.1, 0.15) is 0 Å². The molecule has 0 aromatic rings. The zero-order valence-corrected chi connectivity index (χ0v) is 9.46. The van der Waals surface area contributed by atoms with Crippen LogP contribution < -0.4 is 70.2 Å². The quantitative estimate of drug-likeness (QED) is 0.274. The topological polar surface area (TPSA) is 77.8 Å². The SMILES string of the molecule is O=P(O)(O)O.[Cu].[H-].[H-].[K+].[Li+]. The summed E-state index contributed by atoms with van der Waals surface area (Å²) < 4.78 is 8.88. The van der Waals surface area contributed by atoms with Crippen LogP contribution in [0.4, 0.5) is 0 Å². The Morgan fingerprint density at radius 1 is 1.25 bits per heavy atom. The molecule has 0 aliphatic carbocycles. The molecule has 4 nitrogen and oxygen atoms in total. The molecular formula is H5CuKLiO4P. The monoisotopic (exact) mass is 209 g/mol. The van der Waals surface area contributed by atoms with Crippen molar-refractivity contribution in [1.29, 1.82) is 0 Å². The number of rotatable bonds is 0. The molecule has 0 bridgehead atoms. The van der Waals surface area contributed by atoms with E-state index in [1.54, 1.807) is 0 Å². The van der Waals surface area contributed by atoms with Crippen LogP contribution in [0.3, 0.4) is 0 Å². The van der Waals surface area contributed by atoms with Crippen LogP contribution in [0.2, 0.25) is 0 Å². The van der Waals surface area contributed by atoms with Gasteiger partial charge in [0.15, 0.2) is 0 Å². The zero-order chi connectivity index (χ0) is 4.50. The van der Waals surface area contributed by atoms with Crippen molar-refractivity contribution in [3.8, 4) is 0 Å². The molecule has 0 amide bonds. The van der Waals surface area contributed by atoms with E-state index in [9.17, 15) is 0 Å². The first-order valence-corrected chi connectivity index (χ1v) is 2.35. The van der Waals surface area contributed by atoms with E-state index in [0.29, 0.717) is 0 Å². The van der Waals surface area contributed by atoms with Gasteiger partial charge >= 0.3 is 78.1 Å². The van der Waals surface area contributed by atoms with Gasteiger partial charge in [-0.15, -0.1) is 0 Å². The Morgan fingerprint density at radius 2 is 1.25 bits per heavy atom. The van der Waals surface area contributed by atoms with Gasteiger partial charge in [-0.3, -0.25) is 0 Å². The Morgan fingerprint density at radius 3 is 1.25 bits per heavy atom. The molecule has 0 aromatic heterocycles. The van der Waals surface area contributed by atoms with Crippen molar-refractivity contribution in [3.63, 3.8) is 0 Å². The first-order valence-electron chi connectivity index (χ1n) is 0.783. The molecule has 3 N–H and O–H groups in total. The van der Waals surface area contributed by atoms with Gasteiger partial charge in [0.25, 0.3) is 0 Å². The summed E-state index contributed by atoms with van der Waals surface area (Å²) in [5.41, 5.74) is 0. The summed E-state index contributed by atoms with van der Waals surface area (Å²) >= 11 is 0. The van der Waals surface area contributed by atoms with Crippen molar-refractivity contribution in [1.82, 2.24) is 0 Å². The minimum absolute atomic E-state index is 0. The van der Waals surface area contributed by atoms with Crippen molar-refractivity contribution >= 4 is 7.82 Å². The molecule has 8 heavy (non-hydrogen) atoms. The largest absolute Gasteiger partial charge is 1.00 e. The summed E-state index contributed by atoms with van der Waals surface area (Å²) in [7, 11) is -4.64. The van der Waals surface area contributed by atoms with E-state index in [0.717, 1.165) is 0 Å². The minimum Gasteiger partial charge on any atom is -1.00 e. The summed E-state index contributed by atoms with van der Waals surface area (Å²) in [6.07, 6.45) is 0. The molecule has 0 saturated carbocycles. The van der Waals surface area contributed by atoms with E-state index in [4.69, 9.17) is 19.2 Å². The molecule has 0 unspecified atom stereocenters. The van der Waals surface area contributed by atoms with Crippen LogP contribution in [0.5, 0.6) is 0 Å². The molecule has 0 atom stereocenters. The standard InChI is InChI=1S/Cu.K.Li.H3O4P.2H/c;;;1-5(2,3)4;;/h;;;(H3,1,2,3,4);;/q;2*+1;;2*-1. The van der Waals surface area contributed by atoms with Crippen molar-refractivity contribution < 1.29 is 109 Å². The summed E-state index contributed by atoms with van der Waals surface area (Å²) in [6.45, 7) is 0. The normalized spacial score (nSPS) is 7.38. The van der Waals surface area contributed by atoms with Crippen LogP contribution in [0, 0.1) is 0 Å². The maximum absolute atomic E-state index is 8.88. The average molecular weight is 210 g/mol. The first kappa shape index (κ1) is 22.4. The van der Waals surface area contributed by atoms with Gasteiger partial charge in [-0.05, 0) is 0 Å². The Kier molecular flexibility index (Phi) is 27.7. The Hall–Kier alpha value is 2.86. The van der Waals surface area contributed by atoms with Gasteiger partial charge in [-0.2, -0.15) is 0 Å². The van der Waals surface area contributed by atoms with E-state index < -0.39 is 7.82 Å². The van der Waals surface area contributed by atoms with E-state index in [-0.39, 0.29) is 90.2 Å². The molecule has 1 radical (unpaired) electrons. The van der Waals surface area contributed by atoms with Gasteiger partial charge in [-0.1, -0.05) is 0 Å². The second-order valence-electron chi connectivity index (χ2n) is 0.513. The molecule has 0 saturated heterocycles. The molecule has 0 aromatic carbocycles. The van der Waals surface area contributed by atoms with Crippen molar-refractivity contribution in [2.24, 2.45) is 0 Å². The predicted octanol–water partition coefficient (Wildman–Crippen LogP) is -6.70. The molecule has 0 aliphatic rings. The third kappa shape index (κ3) is 66.8. The second kappa shape index (κ2) is 9.86. The van der Waals surface area contributed by atoms with Crippen molar-refractivity contribution in [2.75, 3.05) is 0 Å². The Balaban J connectivity index is -0.00000000800. The Labute approximate surface area is 115 Å². The first-order chi connectivity index (χ1) is 2.00. The number of phosphoric acid groups is 1. The van der Waals surface area contributed by atoms with Crippen LogP contribution in [-0.4, -0.2) is 14.7 Å². The number of hydrogen-bond donors (Lipinski definition) is 3. The molecule has 8 heteroatoms. The van der Waals surface area contributed by atoms with Crippen LogP contribution >= 0.6 is 7.82 Å². The van der Waals surface area contributed by atoms with Crippen molar-refractivity contribution in [3.05, 3.63) is 0 Å². The van der Waals surface area contributed by atoms with Gasteiger partial charge < -0.3 is 17.5 Å². The summed E-state index contributed by atoms with van der Waals surface area (Å²) in [6, 6.07) is 0. The third-order valence-electron chi connectivity index (χ3n) is 0. The van der Waals surface area contributed by atoms with E-state index in [2.05, 4.69) is 0 Å². The van der Waals surface area contributed by atoms with Crippen LogP contribution in [0.25, 0.3) is 0 Å². The molecule has 0 rings (SSSR count). The van der Waals surface area contributed by atoms with E-state index in [1.165, 1.54) is 0 Å². The average Bonchev–Trinajstić information content (AvgIpc) is 0.722.